The third kappa shape index (κ3) is 4.31. The first kappa shape index (κ1) is 18.2. The minimum atomic E-state index is -0.408. The Morgan fingerprint density at radius 3 is 2.58 bits per heavy atom. The van der Waals surface area contributed by atoms with E-state index in [1.54, 1.807) is 48.5 Å². The van der Waals surface area contributed by atoms with Crippen LogP contribution in [0.2, 0.25) is 10.0 Å². The molecule has 26 heavy (non-hydrogen) atoms. The number of carbonyl (C=O) groups is 1. The molecule has 0 atom stereocenters. The van der Waals surface area contributed by atoms with Crippen LogP contribution in [-0.4, -0.2) is 10.9 Å². The van der Waals surface area contributed by atoms with Gasteiger partial charge in [-0.25, -0.2) is 9.37 Å². The molecule has 2 N–H and O–H groups in total. The Balaban J connectivity index is 1.64. The van der Waals surface area contributed by atoms with E-state index in [2.05, 4.69) is 15.6 Å². The first-order chi connectivity index (χ1) is 12.5. The Labute approximate surface area is 160 Å². The molecule has 1 amide bonds. The van der Waals surface area contributed by atoms with E-state index in [4.69, 9.17) is 23.2 Å². The van der Waals surface area contributed by atoms with Gasteiger partial charge in [0.15, 0.2) is 0 Å². The molecule has 4 nitrogen and oxygen atoms in total. The molecule has 132 valence electrons. The van der Waals surface area contributed by atoms with E-state index >= 15 is 0 Å². The normalized spacial score (nSPS) is 10.4. The average Bonchev–Trinajstić information content (AvgIpc) is 2.65. The smallest absolute Gasteiger partial charge is 0.274 e. The third-order valence-corrected chi connectivity index (χ3v) is 4.46. The van der Waals surface area contributed by atoms with E-state index in [1.807, 2.05) is 0 Å². The molecule has 0 aliphatic rings. The van der Waals surface area contributed by atoms with Gasteiger partial charge in [-0.1, -0.05) is 47.5 Å². The number of aromatic nitrogens is 1. The fraction of sp³-hybridized carbons (Fsp3) is 0.0526. The van der Waals surface area contributed by atoms with Gasteiger partial charge in [-0.2, -0.15) is 0 Å². The second-order valence-corrected chi connectivity index (χ2v) is 6.22. The van der Waals surface area contributed by atoms with Crippen molar-refractivity contribution in [1.29, 1.82) is 0 Å². The van der Waals surface area contributed by atoms with Crippen molar-refractivity contribution >= 4 is 40.5 Å². The predicted molar refractivity (Wildman–Crippen MR) is 102 cm³/mol. The van der Waals surface area contributed by atoms with E-state index < -0.39 is 5.91 Å². The van der Waals surface area contributed by atoms with Crippen molar-refractivity contribution in [3.63, 3.8) is 0 Å². The number of rotatable bonds is 5. The van der Waals surface area contributed by atoms with E-state index in [9.17, 15) is 9.18 Å². The second-order valence-electron chi connectivity index (χ2n) is 5.43. The number of anilines is 2. The summed E-state index contributed by atoms with van der Waals surface area (Å²) in [4.78, 5) is 16.4. The summed E-state index contributed by atoms with van der Waals surface area (Å²) >= 11 is 12.0. The van der Waals surface area contributed by atoms with Gasteiger partial charge in [-0.05, 0) is 30.3 Å². The number of amides is 1. The summed E-state index contributed by atoms with van der Waals surface area (Å²) < 4.78 is 13.6. The number of halogens is 3. The van der Waals surface area contributed by atoms with Crippen LogP contribution in [0.3, 0.4) is 0 Å². The number of carbonyl (C=O) groups excluding carboxylic acids is 1. The Morgan fingerprint density at radius 1 is 1.04 bits per heavy atom. The minimum absolute atomic E-state index is 0.220. The van der Waals surface area contributed by atoms with Crippen molar-refractivity contribution in [3.8, 4) is 0 Å². The Morgan fingerprint density at radius 2 is 1.85 bits per heavy atom. The predicted octanol–water partition coefficient (Wildman–Crippen LogP) is 5.39. The lowest BCUT2D eigenvalue weighted by molar-refractivity contribution is 0.102. The molecule has 0 saturated carbocycles. The highest BCUT2D eigenvalue weighted by molar-refractivity contribution is 6.44. The molecule has 7 heteroatoms. The monoisotopic (exact) mass is 389 g/mol. The average molecular weight is 390 g/mol. The number of pyridine rings is 1. The van der Waals surface area contributed by atoms with E-state index in [1.165, 1.54) is 12.3 Å². The molecule has 1 aromatic heterocycles. The fourth-order valence-corrected chi connectivity index (χ4v) is 2.61. The molecule has 0 fully saturated rings. The van der Waals surface area contributed by atoms with Crippen LogP contribution in [0.5, 0.6) is 0 Å². The summed E-state index contributed by atoms with van der Waals surface area (Å²) in [7, 11) is 0. The van der Waals surface area contributed by atoms with Crippen molar-refractivity contribution in [1.82, 2.24) is 4.98 Å². The Bertz CT molecular complexity index is 932. The topological polar surface area (TPSA) is 54.0 Å². The van der Waals surface area contributed by atoms with Crippen molar-refractivity contribution in [2.45, 2.75) is 6.54 Å². The van der Waals surface area contributed by atoms with Crippen LogP contribution in [0.4, 0.5) is 15.8 Å². The Hall–Kier alpha value is -2.63. The molecule has 0 unspecified atom stereocenters. The van der Waals surface area contributed by atoms with Gasteiger partial charge in [0.25, 0.3) is 5.91 Å². The van der Waals surface area contributed by atoms with Gasteiger partial charge in [-0.3, -0.25) is 4.79 Å². The van der Waals surface area contributed by atoms with Crippen LogP contribution >= 0.6 is 23.2 Å². The maximum Gasteiger partial charge on any atom is 0.274 e. The zero-order valence-electron chi connectivity index (χ0n) is 13.5. The quantitative estimate of drug-likeness (QED) is 0.614. The van der Waals surface area contributed by atoms with Crippen LogP contribution in [0.25, 0.3) is 0 Å². The van der Waals surface area contributed by atoms with Gasteiger partial charge in [0, 0.05) is 12.1 Å². The standard InChI is InChI=1S/C19H14Cl2FN3O/c20-14-5-3-7-16(18(14)21)25-19(26)17-9-8-13(11-24-17)23-10-12-4-1-2-6-15(12)22/h1-9,11,23H,10H2,(H,25,26). The molecule has 2 aromatic carbocycles. The highest BCUT2D eigenvalue weighted by Gasteiger charge is 2.11. The molecule has 3 rings (SSSR count). The number of hydrogen-bond acceptors (Lipinski definition) is 3. The van der Waals surface area contributed by atoms with Gasteiger partial charge in [0.1, 0.15) is 11.5 Å². The fourth-order valence-electron chi connectivity index (χ4n) is 2.26. The summed E-state index contributed by atoms with van der Waals surface area (Å²) in [5, 5.41) is 6.35. The second kappa shape index (κ2) is 8.17. The molecule has 0 aliphatic heterocycles. The molecule has 0 bridgehead atoms. The van der Waals surface area contributed by atoms with Crippen LogP contribution < -0.4 is 10.6 Å². The summed E-state index contributed by atoms with van der Waals surface area (Å²) in [6, 6.07) is 14.7. The van der Waals surface area contributed by atoms with Crippen LogP contribution in [0, 0.1) is 5.82 Å². The van der Waals surface area contributed by atoms with E-state index in [0.717, 1.165) is 0 Å². The summed E-state index contributed by atoms with van der Waals surface area (Å²) in [5.41, 5.74) is 1.85. The number of benzene rings is 2. The molecule has 3 aromatic rings. The van der Waals surface area contributed by atoms with Gasteiger partial charge >= 0.3 is 0 Å². The SMILES string of the molecule is O=C(Nc1cccc(Cl)c1Cl)c1ccc(NCc2ccccc2F)cn1. The van der Waals surface area contributed by atoms with Crippen molar-refractivity contribution < 1.29 is 9.18 Å². The lowest BCUT2D eigenvalue weighted by Gasteiger charge is -2.09. The molecule has 0 spiro atoms. The van der Waals surface area contributed by atoms with Crippen LogP contribution in [-0.2, 0) is 6.54 Å². The van der Waals surface area contributed by atoms with Gasteiger partial charge < -0.3 is 10.6 Å². The number of hydrogen-bond donors (Lipinski definition) is 2. The summed E-state index contributed by atoms with van der Waals surface area (Å²) in [6.45, 7) is 0.317. The minimum Gasteiger partial charge on any atom is -0.380 e. The zero-order valence-corrected chi connectivity index (χ0v) is 15.0. The number of nitrogens with one attached hydrogen (secondary N) is 2. The maximum atomic E-state index is 13.6. The summed E-state index contributed by atoms with van der Waals surface area (Å²) in [6.07, 6.45) is 1.51. The molecular formula is C19H14Cl2FN3O. The molecule has 0 aliphatic carbocycles. The third-order valence-electron chi connectivity index (χ3n) is 3.64. The van der Waals surface area contributed by atoms with E-state index in [-0.39, 0.29) is 16.5 Å². The van der Waals surface area contributed by atoms with Crippen molar-refractivity contribution in [2.75, 3.05) is 10.6 Å². The maximum absolute atomic E-state index is 13.6. The Kier molecular flexibility index (Phi) is 5.71. The highest BCUT2D eigenvalue weighted by Crippen LogP contribution is 2.29. The zero-order chi connectivity index (χ0) is 18.5. The number of nitrogens with zero attached hydrogens (tertiary/aromatic N) is 1. The molecule has 0 radical (unpaired) electrons. The first-order valence-corrected chi connectivity index (χ1v) is 8.49. The van der Waals surface area contributed by atoms with Gasteiger partial charge in [0.05, 0.1) is 27.6 Å². The van der Waals surface area contributed by atoms with Crippen molar-refractivity contribution in [2.24, 2.45) is 0 Å². The molecule has 1 heterocycles. The van der Waals surface area contributed by atoms with E-state index in [0.29, 0.717) is 28.5 Å². The van der Waals surface area contributed by atoms with Crippen molar-refractivity contribution in [3.05, 3.63) is 87.9 Å². The summed E-state index contributed by atoms with van der Waals surface area (Å²) in [5.74, 6) is -0.683. The molecular weight excluding hydrogens is 376 g/mol. The lowest BCUT2D eigenvalue weighted by Crippen LogP contribution is -2.14. The highest BCUT2D eigenvalue weighted by atomic mass is 35.5. The van der Waals surface area contributed by atoms with Gasteiger partial charge in [-0.15, -0.1) is 0 Å². The lowest BCUT2D eigenvalue weighted by atomic mass is 10.2. The largest absolute Gasteiger partial charge is 0.380 e. The molecule has 0 saturated heterocycles. The van der Waals surface area contributed by atoms with Gasteiger partial charge in [0.2, 0.25) is 0 Å². The first-order valence-electron chi connectivity index (χ1n) is 7.73. The van der Waals surface area contributed by atoms with Crippen LogP contribution in [0.1, 0.15) is 16.1 Å². The van der Waals surface area contributed by atoms with Crippen LogP contribution in [0.15, 0.2) is 60.8 Å².